The zero-order chi connectivity index (χ0) is 20.8. The number of carbonyl (C=O) groups is 1. The van der Waals surface area contributed by atoms with Gasteiger partial charge in [0.15, 0.2) is 5.69 Å². The summed E-state index contributed by atoms with van der Waals surface area (Å²) in [6.07, 6.45) is 0.712. The van der Waals surface area contributed by atoms with Crippen LogP contribution in [0.3, 0.4) is 0 Å². The second-order valence-corrected chi connectivity index (χ2v) is 6.75. The molecule has 0 aliphatic heterocycles. The van der Waals surface area contributed by atoms with Crippen LogP contribution in [0.4, 0.5) is 0 Å². The zero-order valence-corrected chi connectivity index (χ0v) is 16.7. The van der Waals surface area contributed by atoms with E-state index in [-0.39, 0.29) is 5.91 Å². The molecule has 0 spiro atoms. The Kier molecular flexibility index (Phi) is 5.85. The number of hydrogen-bond donors (Lipinski definition) is 1. The molecule has 0 aliphatic carbocycles. The van der Waals surface area contributed by atoms with E-state index in [1.807, 2.05) is 84.9 Å². The normalized spacial score (nSPS) is 10.6. The molecule has 1 aromatic heterocycles. The minimum Gasteiger partial charge on any atom is -0.497 e. The molecule has 150 valence electrons. The third-order valence-electron chi connectivity index (χ3n) is 4.79. The van der Waals surface area contributed by atoms with Crippen molar-refractivity contribution in [2.24, 2.45) is 0 Å². The number of carbonyl (C=O) groups excluding carboxylic acids is 1. The maximum atomic E-state index is 12.9. The van der Waals surface area contributed by atoms with Crippen molar-refractivity contribution < 1.29 is 9.53 Å². The second-order valence-electron chi connectivity index (χ2n) is 6.75. The van der Waals surface area contributed by atoms with Crippen LogP contribution in [0.15, 0.2) is 84.9 Å². The fourth-order valence-electron chi connectivity index (χ4n) is 3.24. The molecule has 0 bridgehead atoms. The quantitative estimate of drug-likeness (QED) is 0.512. The van der Waals surface area contributed by atoms with Gasteiger partial charge in [-0.05, 0) is 36.2 Å². The first-order valence-electron chi connectivity index (χ1n) is 9.74. The van der Waals surface area contributed by atoms with Crippen molar-refractivity contribution in [3.63, 3.8) is 0 Å². The molecule has 6 heteroatoms. The van der Waals surface area contributed by atoms with Crippen molar-refractivity contribution in [3.05, 3.63) is 96.2 Å². The molecule has 0 aliphatic rings. The molecule has 0 atom stereocenters. The number of ether oxygens (including phenoxy) is 1. The highest BCUT2D eigenvalue weighted by Crippen LogP contribution is 2.25. The van der Waals surface area contributed by atoms with E-state index in [9.17, 15) is 4.79 Å². The Morgan fingerprint density at radius 3 is 2.27 bits per heavy atom. The van der Waals surface area contributed by atoms with Crippen molar-refractivity contribution in [2.75, 3.05) is 13.7 Å². The summed E-state index contributed by atoms with van der Waals surface area (Å²) in [5.41, 5.74) is 3.82. The topological polar surface area (TPSA) is 69.0 Å². The number of benzene rings is 3. The second kappa shape index (κ2) is 9.05. The first-order chi connectivity index (χ1) is 14.8. The molecule has 1 N–H and O–H groups in total. The predicted octanol–water partition coefficient (Wildman–Crippen LogP) is 3.92. The van der Waals surface area contributed by atoms with Gasteiger partial charge in [0.1, 0.15) is 11.4 Å². The lowest BCUT2D eigenvalue weighted by molar-refractivity contribution is 0.0949. The van der Waals surface area contributed by atoms with Crippen LogP contribution >= 0.6 is 0 Å². The number of rotatable bonds is 7. The molecule has 4 aromatic rings. The SMILES string of the molecule is COc1ccc(CCNC(=O)c2nnn(-c3ccccc3)c2-c2ccccc2)cc1. The number of methoxy groups -OCH3 is 1. The fraction of sp³-hybridized carbons (Fsp3) is 0.125. The molecule has 3 aromatic carbocycles. The minimum absolute atomic E-state index is 0.246. The molecule has 1 heterocycles. The van der Waals surface area contributed by atoms with Crippen molar-refractivity contribution >= 4 is 5.91 Å². The summed E-state index contributed by atoms with van der Waals surface area (Å²) in [6, 6.07) is 27.2. The van der Waals surface area contributed by atoms with E-state index in [2.05, 4.69) is 15.6 Å². The Morgan fingerprint density at radius 1 is 0.933 bits per heavy atom. The molecular weight excluding hydrogens is 376 g/mol. The van der Waals surface area contributed by atoms with E-state index in [1.54, 1.807) is 11.8 Å². The molecule has 1 amide bonds. The summed E-state index contributed by atoms with van der Waals surface area (Å²) in [5.74, 6) is 0.567. The van der Waals surface area contributed by atoms with Crippen molar-refractivity contribution in [3.8, 4) is 22.7 Å². The standard InChI is InChI=1S/C24H22N4O2/c1-30-21-14-12-18(13-15-21)16-17-25-24(29)22-23(19-8-4-2-5-9-19)28(27-26-22)20-10-6-3-7-11-20/h2-15H,16-17H2,1H3,(H,25,29). The summed E-state index contributed by atoms with van der Waals surface area (Å²) >= 11 is 0. The number of para-hydroxylation sites is 1. The summed E-state index contributed by atoms with van der Waals surface area (Å²) in [7, 11) is 1.64. The smallest absolute Gasteiger partial charge is 0.274 e. The highest BCUT2D eigenvalue weighted by molar-refractivity contribution is 5.98. The van der Waals surface area contributed by atoms with Gasteiger partial charge in [-0.2, -0.15) is 0 Å². The maximum Gasteiger partial charge on any atom is 0.274 e. The molecule has 4 rings (SSSR count). The lowest BCUT2D eigenvalue weighted by atomic mass is 10.1. The van der Waals surface area contributed by atoms with Gasteiger partial charge >= 0.3 is 0 Å². The van der Waals surface area contributed by atoms with Gasteiger partial charge in [0, 0.05) is 12.1 Å². The maximum absolute atomic E-state index is 12.9. The van der Waals surface area contributed by atoms with Crippen LogP contribution in [0.5, 0.6) is 5.75 Å². The van der Waals surface area contributed by atoms with Crippen molar-refractivity contribution in [2.45, 2.75) is 6.42 Å². The predicted molar refractivity (Wildman–Crippen MR) is 116 cm³/mol. The summed E-state index contributed by atoms with van der Waals surface area (Å²) in [4.78, 5) is 12.9. The van der Waals surface area contributed by atoms with Gasteiger partial charge in [0.05, 0.1) is 12.8 Å². The van der Waals surface area contributed by atoms with Crippen LogP contribution in [0.2, 0.25) is 0 Å². The lowest BCUT2D eigenvalue weighted by Gasteiger charge is -2.09. The molecular formula is C24H22N4O2. The number of hydrogen-bond acceptors (Lipinski definition) is 4. The number of nitrogens with one attached hydrogen (secondary N) is 1. The van der Waals surface area contributed by atoms with Gasteiger partial charge in [-0.25, -0.2) is 4.68 Å². The Labute approximate surface area is 175 Å². The molecule has 0 fully saturated rings. The summed E-state index contributed by atoms with van der Waals surface area (Å²) in [6.45, 7) is 0.498. The van der Waals surface area contributed by atoms with Crippen LogP contribution in [0.1, 0.15) is 16.1 Å². The first kappa shape index (κ1) is 19.4. The first-order valence-corrected chi connectivity index (χ1v) is 9.74. The average Bonchev–Trinajstić information content (AvgIpc) is 3.26. The highest BCUT2D eigenvalue weighted by Gasteiger charge is 2.21. The van der Waals surface area contributed by atoms with E-state index >= 15 is 0 Å². The monoisotopic (exact) mass is 398 g/mol. The van der Waals surface area contributed by atoms with Crippen LogP contribution in [-0.4, -0.2) is 34.6 Å². The molecule has 0 saturated carbocycles. The van der Waals surface area contributed by atoms with E-state index in [0.29, 0.717) is 24.4 Å². The number of nitrogens with zero attached hydrogens (tertiary/aromatic N) is 3. The molecule has 0 saturated heterocycles. The van der Waals surface area contributed by atoms with Crippen molar-refractivity contribution in [1.82, 2.24) is 20.3 Å². The van der Waals surface area contributed by atoms with Crippen LogP contribution in [-0.2, 0) is 6.42 Å². The van der Waals surface area contributed by atoms with Crippen LogP contribution in [0.25, 0.3) is 16.9 Å². The van der Waals surface area contributed by atoms with Gasteiger partial charge in [0.25, 0.3) is 5.91 Å². The summed E-state index contributed by atoms with van der Waals surface area (Å²) < 4.78 is 6.88. The van der Waals surface area contributed by atoms with E-state index in [4.69, 9.17) is 4.74 Å². The van der Waals surface area contributed by atoms with Crippen LogP contribution in [0, 0.1) is 0 Å². The third kappa shape index (κ3) is 4.22. The van der Waals surface area contributed by atoms with Gasteiger partial charge in [-0.15, -0.1) is 5.10 Å². The Hall–Kier alpha value is -3.93. The van der Waals surface area contributed by atoms with Gasteiger partial charge < -0.3 is 10.1 Å². The van der Waals surface area contributed by atoms with E-state index in [1.165, 1.54) is 0 Å². The largest absolute Gasteiger partial charge is 0.497 e. The summed E-state index contributed by atoms with van der Waals surface area (Å²) in [5, 5.41) is 11.4. The van der Waals surface area contributed by atoms with E-state index in [0.717, 1.165) is 22.6 Å². The van der Waals surface area contributed by atoms with Gasteiger partial charge in [-0.1, -0.05) is 65.9 Å². The van der Waals surface area contributed by atoms with E-state index < -0.39 is 0 Å². The molecule has 6 nitrogen and oxygen atoms in total. The Bertz CT molecular complexity index is 1110. The van der Waals surface area contributed by atoms with Gasteiger partial charge in [-0.3, -0.25) is 4.79 Å². The lowest BCUT2D eigenvalue weighted by Crippen LogP contribution is -2.26. The minimum atomic E-state index is -0.246. The number of amides is 1. The molecule has 0 radical (unpaired) electrons. The number of aromatic nitrogens is 3. The van der Waals surface area contributed by atoms with Crippen molar-refractivity contribution in [1.29, 1.82) is 0 Å². The fourth-order valence-corrected chi connectivity index (χ4v) is 3.24. The molecule has 30 heavy (non-hydrogen) atoms. The molecule has 0 unspecified atom stereocenters. The Balaban J connectivity index is 1.55. The third-order valence-corrected chi connectivity index (χ3v) is 4.79. The average molecular weight is 398 g/mol. The zero-order valence-electron chi connectivity index (χ0n) is 16.7. The van der Waals surface area contributed by atoms with Crippen LogP contribution < -0.4 is 10.1 Å². The Morgan fingerprint density at radius 2 is 1.60 bits per heavy atom. The highest BCUT2D eigenvalue weighted by atomic mass is 16.5. The van der Waals surface area contributed by atoms with Gasteiger partial charge in [0.2, 0.25) is 0 Å².